The first-order chi connectivity index (χ1) is 10.2. The van der Waals surface area contributed by atoms with Gasteiger partial charge in [-0.05, 0) is 30.0 Å². The number of nitrogens with zero attached hydrogens (tertiary/aromatic N) is 4. The average molecular weight is 300 g/mol. The van der Waals surface area contributed by atoms with Crippen LogP contribution in [0.25, 0.3) is 10.6 Å². The van der Waals surface area contributed by atoms with Crippen LogP contribution in [0.3, 0.4) is 0 Å². The molecule has 0 aromatic carbocycles. The van der Waals surface area contributed by atoms with Gasteiger partial charge in [0, 0.05) is 6.20 Å². The van der Waals surface area contributed by atoms with E-state index in [4.69, 9.17) is 0 Å². The molecular weight excluding hydrogens is 288 g/mol. The number of pyridine rings is 1. The number of carboxylic acid groups (broad SMARTS) is 1. The van der Waals surface area contributed by atoms with Gasteiger partial charge in [0.1, 0.15) is 5.69 Å². The molecular formula is C14H12N4O2S. The summed E-state index contributed by atoms with van der Waals surface area (Å²) in [6.45, 7) is 2.35. The van der Waals surface area contributed by atoms with Crippen LogP contribution in [0.1, 0.15) is 21.7 Å². The molecule has 3 heterocycles. The Labute approximate surface area is 124 Å². The molecule has 1 N–H and O–H groups in total. The molecule has 0 fully saturated rings. The number of aryl methyl sites for hydroxylation is 1. The summed E-state index contributed by atoms with van der Waals surface area (Å²) in [5, 5.41) is 18.9. The minimum absolute atomic E-state index is 0.0361. The average Bonchev–Trinajstić information content (AvgIpc) is 3.09. The maximum atomic E-state index is 11.3. The van der Waals surface area contributed by atoms with Crippen molar-refractivity contribution in [2.24, 2.45) is 0 Å². The Morgan fingerprint density at radius 3 is 2.90 bits per heavy atom. The Hall–Kier alpha value is -2.54. The Bertz CT molecular complexity index is 780. The van der Waals surface area contributed by atoms with Crippen LogP contribution in [-0.4, -0.2) is 31.1 Å². The van der Waals surface area contributed by atoms with Crippen LogP contribution in [0.15, 0.2) is 35.8 Å². The molecule has 0 aliphatic rings. The van der Waals surface area contributed by atoms with Crippen molar-refractivity contribution in [2.45, 2.75) is 13.5 Å². The number of thiophene rings is 1. The highest BCUT2D eigenvalue weighted by atomic mass is 32.1. The van der Waals surface area contributed by atoms with E-state index in [1.54, 1.807) is 10.9 Å². The first kappa shape index (κ1) is 13.4. The molecule has 106 valence electrons. The number of rotatable bonds is 4. The third kappa shape index (κ3) is 2.55. The van der Waals surface area contributed by atoms with Crippen molar-refractivity contribution in [3.63, 3.8) is 0 Å². The summed E-state index contributed by atoms with van der Waals surface area (Å²) in [7, 11) is 0. The van der Waals surface area contributed by atoms with Crippen molar-refractivity contribution < 1.29 is 9.90 Å². The topological polar surface area (TPSA) is 80.9 Å². The van der Waals surface area contributed by atoms with Crippen molar-refractivity contribution >= 4 is 17.3 Å². The standard InChI is InChI=1S/C14H12N4O2S/c1-9-4-2-6-15-10(9)8-18-13(11-5-3-7-21-11)12(14(19)20)16-17-18/h2-7H,8H2,1H3,(H,19,20). The molecule has 0 saturated carbocycles. The zero-order valence-corrected chi connectivity index (χ0v) is 12.0. The number of aromatic nitrogens is 4. The molecule has 0 spiro atoms. The SMILES string of the molecule is Cc1cccnc1Cn1nnc(C(=O)O)c1-c1cccs1. The van der Waals surface area contributed by atoms with Crippen molar-refractivity contribution in [1.82, 2.24) is 20.0 Å². The molecule has 3 aromatic heterocycles. The van der Waals surface area contributed by atoms with E-state index in [1.807, 2.05) is 36.6 Å². The maximum absolute atomic E-state index is 11.3. The van der Waals surface area contributed by atoms with Gasteiger partial charge in [-0.25, -0.2) is 9.48 Å². The van der Waals surface area contributed by atoms with E-state index in [9.17, 15) is 9.90 Å². The van der Waals surface area contributed by atoms with Gasteiger partial charge in [0.05, 0.1) is 17.1 Å². The fourth-order valence-corrected chi connectivity index (χ4v) is 2.83. The minimum Gasteiger partial charge on any atom is -0.476 e. The second-order valence-electron chi connectivity index (χ2n) is 4.49. The fraction of sp³-hybridized carbons (Fsp3) is 0.143. The quantitative estimate of drug-likeness (QED) is 0.800. The van der Waals surface area contributed by atoms with Gasteiger partial charge in [0.2, 0.25) is 0 Å². The van der Waals surface area contributed by atoms with E-state index in [1.165, 1.54) is 11.3 Å². The van der Waals surface area contributed by atoms with Crippen LogP contribution in [0.2, 0.25) is 0 Å². The second-order valence-corrected chi connectivity index (χ2v) is 5.44. The smallest absolute Gasteiger partial charge is 0.358 e. The first-order valence-corrected chi connectivity index (χ1v) is 7.16. The van der Waals surface area contributed by atoms with Crippen LogP contribution in [0.4, 0.5) is 0 Å². The molecule has 0 radical (unpaired) electrons. The molecule has 0 bridgehead atoms. The van der Waals surface area contributed by atoms with Crippen LogP contribution < -0.4 is 0 Å². The zero-order chi connectivity index (χ0) is 14.8. The molecule has 3 rings (SSSR count). The van der Waals surface area contributed by atoms with Crippen molar-refractivity contribution in [1.29, 1.82) is 0 Å². The summed E-state index contributed by atoms with van der Waals surface area (Å²) < 4.78 is 1.59. The lowest BCUT2D eigenvalue weighted by Crippen LogP contribution is -2.08. The lowest BCUT2D eigenvalue weighted by Gasteiger charge is -2.07. The third-order valence-electron chi connectivity index (χ3n) is 3.11. The Balaban J connectivity index is 2.08. The summed E-state index contributed by atoms with van der Waals surface area (Å²) in [5.74, 6) is -1.08. The highest BCUT2D eigenvalue weighted by Crippen LogP contribution is 2.27. The zero-order valence-electron chi connectivity index (χ0n) is 11.2. The van der Waals surface area contributed by atoms with E-state index in [0.29, 0.717) is 12.2 Å². The lowest BCUT2D eigenvalue weighted by atomic mass is 10.2. The predicted octanol–water partition coefficient (Wildman–Crippen LogP) is 2.46. The van der Waals surface area contributed by atoms with Gasteiger partial charge in [-0.3, -0.25) is 4.98 Å². The normalized spacial score (nSPS) is 10.7. The van der Waals surface area contributed by atoms with Gasteiger partial charge >= 0.3 is 5.97 Å². The van der Waals surface area contributed by atoms with Gasteiger partial charge in [-0.1, -0.05) is 17.3 Å². The monoisotopic (exact) mass is 300 g/mol. The van der Waals surface area contributed by atoms with Gasteiger partial charge in [-0.2, -0.15) is 0 Å². The van der Waals surface area contributed by atoms with E-state index >= 15 is 0 Å². The molecule has 21 heavy (non-hydrogen) atoms. The maximum Gasteiger partial charge on any atom is 0.358 e. The highest BCUT2D eigenvalue weighted by Gasteiger charge is 2.21. The van der Waals surface area contributed by atoms with Crippen molar-refractivity contribution in [2.75, 3.05) is 0 Å². The number of hydrogen-bond donors (Lipinski definition) is 1. The number of hydrogen-bond acceptors (Lipinski definition) is 5. The molecule has 3 aromatic rings. The van der Waals surface area contributed by atoms with Crippen LogP contribution in [0.5, 0.6) is 0 Å². The minimum atomic E-state index is -1.08. The predicted molar refractivity (Wildman–Crippen MR) is 78.4 cm³/mol. The van der Waals surface area contributed by atoms with E-state index in [2.05, 4.69) is 15.3 Å². The fourth-order valence-electron chi connectivity index (χ4n) is 2.05. The molecule has 0 atom stereocenters. The molecule has 0 unspecified atom stereocenters. The van der Waals surface area contributed by atoms with Gasteiger partial charge < -0.3 is 5.11 Å². The summed E-state index contributed by atoms with van der Waals surface area (Å²) in [4.78, 5) is 16.5. The van der Waals surface area contributed by atoms with Gasteiger partial charge in [-0.15, -0.1) is 16.4 Å². The molecule has 0 amide bonds. The largest absolute Gasteiger partial charge is 0.476 e. The molecule has 0 aliphatic heterocycles. The molecule has 7 heteroatoms. The van der Waals surface area contributed by atoms with Gasteiger partial charge in [0.25, 0.3) is 0 Å². The van der Waals surface area contributed by atoms with Crippen molar-refractivity contribution in [3.05, 3.63) is 52.8 Å². The number of carbonyl (C=O) groups is 1. The number of carboxylic acids is 1. The van der Waals surface area contributed by atoms with Crippen molar-refractivity contribution in [3.8, 4) is 10.6 Å². The third-order valence-corrected chi connectivity index (χ3v) is 3.99. The first-order valence-electron chi connectivity index (χ1n) is 6.28. The molecule has 0 aliphatic carbocycles. The van der Waals surface area contributed by atoms with E-state index < -0.39 is 5.97 Å². The number of aromatic carboxylic acids is 1. The summed E-state index contributed by atoms with van der Waals surface area (Å²) in [6.07, 6.45) is 1.71. The van der Waals surface area contributed by atoms with Crippen LogP contribution >= 0.6 is 11.3 Å². The Morgan fingerprint density at radius 2 is 2.24 bits per heavy atom. The summed E-state index contributed by atoms with van der Waals surface area (Å²) in [5.41, 5.74) is 2.35. The van der Waals surface area contributed by atoms with Crippen LogP contribution in [-0.2, 0) is 6.54 Å². The Morgan fingerprint density at radius 1 is 1.38 bits per heavy atom. The highest BCUT2D eigenvalue weighted by molar-refractivity contribution is 7.13. The lowest BCUT2D eigenvalue weighted by molar-refractivity contribution is 0.0691. The summed E-state index contributed by atoms with van der Waals surface area (Å²) in [6, 6.07) is 7.55. The van der Waals surface area contributed by atoms with Crippen LogP contribution in [0, 0.1) is 6.92 Å². The summed E-state index contributed by atoms with van der Waals surface area (Å²) >= 11 is 1.46. The molecule has 0 saturated heterocycles. The second kappa shape index (κ2) is 5.45. The Kier molecular flexibility index (Phi) is 3.49. The molecule has 6 nitrogen and oxygen atoms in total. The van der Waals surface area contributed by atoms with E-state index in [-0.39, 0.29) is 5.69 Å². The van der Waals surface area contributed by atoms with E-state index in [0.717, 1.165) is 16.1 Å². The van der Waals surface area contributed by atoms with Gasteiger partial charge in [0.15, 0.2) is 5.69 Å².